The van der Waals surface area contributed by atoms with E-state index < -0.39 is 0 Å². The van der Waals surface area contributed by atoms with Crippen molar-refractivity contribution < 1.29 is 19.2 Å². The molecule has 4 rings (SSSR count). The molecule has 0 aliphatic carbocycles. The second kappa shape index (κ2) is 7.68. The van der Waals surface area contributed by atoms with Gasteiger partial charge in [0.15, 0.2) is 0 Å². The average molecular weight is 379 g/mol. The number of nitrogens with one attached hydrogen (secondary N) is 1. The van der Waals surface area contributed by atoms with Crippen LogP contribution in [0.15, 0.2) is 51.9 Å². The second-order valence-corrected chi connectivity index (χ2v) is 7.75. The number of ether oxygens (including phenoxy) is 1. The lowest BCUT2D eigenvalue weighted by molar-refractivity contribution is -0.922. The van der Waals surface area contributed by atoms with Crippen molar-refractivity contribution >= 4 is 11.0 Å². The minimum absolute atomic E-state index is 0.0569. The molecule has 2 aromatic carbocycles. The first-order chi connectivity index (χ1) is 13.6. The van der Waals surface area contributed by atoms with Gasteiger partial charge in [0.05, 0.1) is 31.1 Å². The Bertz CT molecular complexity index is 1040. The minimum Gasteiger partial charge on any atom is -0.872 e. The summed E-state index contributed by atoms with van der Waals surface area (Å²) in [5, 5.41) is 13.0. The van der Waals surface area contributed by atoms with E-state index in [4.69, 9.17) is 9.15 Å². The molecule has 1 aliphatic heterocycles. The monoisotopic (exact) mass is 379 g/mol. The van der Waals surface area contributed by atoms with Gasteiger partial charge < -0.3 is 19.2 Å². The summed E-state index contributed by atoms with van der Waals surface area (Å²) in [4.78, 5) is 14.5. The number of methoxy groups -OCH3 is 1. The highest BCUT2D eigenvalue weighted by atomic mass is 16.5. The molecular formula is C23H25NO4. The van der Waals surface area contributed by atoms with Gasteiger partial charge in [-0.2, -0.15) is 0 Å². The van der Waals surface area contributed by atoms with Gasteiger partial charge in [0.2, 0.25) is 5.43 Å². The Hall–Kier alpha value is -2.79. The third-order valence-electron chi connectivity index (χ3n) is 5.69. The lowest BCUT2D eigenvalue weighted by Crippen LogP contribution is -3.12. The number of piperidine rings is 1. The van der Waals surface area contributed by atoms with E-state index in [-0.39, 0.29) is 11.2 Å². The molecule has 1 fully saturated rings. The van der Waals surface area contributed by atoms with Gasteiger partial charge in [0, 0.05) is 11.5 Å². The molecule has 146 valence electrons. The SMILES string of the molecule is COc1ccc(-c2coc3c(C[NH+]4CCCC(C)C4)c([O-])ccc3c2=O)cc1. The number of fused-ring (bicyclic) bond motifs is 1. The molecule has 1 aliphatic rings. The molecule has 2 atom stereocenters. The summed E-state index contributed by atoms with van der Waals surface area (Å²) >= 11 is 0. The fraction of sp³-hybridized carbons (Fsp3) is 0.348. The molecule has 1 aromatic heterocycles. The number of rotatable bonds is 4. The van der Waals surface area contributed by atoms with E-state index in [1.165, 1.54) is 30.1 Å². The molecule has 3 aromatic rings. The third kappa shape index (κ3) is 3.50. The van der Waals surface area contributed by atoms with Crippen LogP contribution >= 0.6 is 0 Å². The van der Waals surface area contributed by atoms with Crippen molar-refractivity contribution in [3.63, 3.8) is 0 Å². The maximum absolute atomic E-state index is 13.1. The quantitative estimate of drug-likeness (QED) is 0.756. The third-order valence-corrected chi connectivity index (χ3v) is 5.69. The van der Waals surface area contributed by atoms with E-state index in [1.54, 1.807) is 13.2 Å². The molecule has 0 saturated carbocycles. The molecular weight excluding hydrogens is 354 g/mol. The van der Waals surface area contributed by atoms with Gasteiger partial charge in [0.1, 0.15) is 24.1 Å². The fourth-order valence-corrected chi connectivity index (χ4v) is 4.18. The van der Waals surface area contributed by atoms with Gasteiger partial charge in [-0.15, -0.1) is 0 Å². The highest BCUT2D eigenvalue weighted by Crippen LogP contribution is 2.27. The topological polar surface area (TPSA) is 66.9 Å². The van der Waals surface area contributed by atoms with Crippen LogP contribution in [-0.4, -0.2) is 20.2 Å². The van der Waals surface area contributed by atoms with E-state index in [1.807, 2.05) is 24.3 Å². The van der Waals surface area contributed by atoms with E-state index in [0.29, 0.717) is 34.6 Å². The van der Waals surface area contributed by atoms with E-state index in [2.05, 4.69) is 6.92 Å². The predicted octanol–water partition coefficient (Wildman–Crippen LogP) is 2.36. The Morgan fingerprint density at radius 1 is 1.21 bits per heavy atom. The van der Waals surface area contributed by atoms with Crippen molar-refractivity contribution in [1.82, 2.24) is 0 Å². The number of likely N-dealkylation sites (tertiary alicyclic amines) is 1. The average Bonchev–Trinajstić information content (AvgIpc) is 2.71. The lowest BCUT2D eigenvalue weighted by Gasteiger charge is -2.29. The maximum Gasteiger partial charge on any atom is 0.200 e. The summed E-state index contributed by atoms with van der Waals surface area (Å²) < 4.78 is 11.0. The summed E-state index contributed by atoms with van der Waals surface area (Å²) in [6.45, 7) is 4.95. The van der Waals surface area contributed by atoms with Gasteiger partial charge in [-0.05, 0) is 36.6 Å². The zero-order valence-corrected chi connectivity index (χ0v) is 16.3. The van der Waals surface area contributed by atoms with Gasteiger partial charge >= 0.3 is 0 Å². The zero-order chi connectivity index (χ0) is 19.7. The minimum atomic E-state index is -0.116. The molecule has 5 heteroatoms. The van der Waals surface area contributed by atoms with Crippen LogP contribution in [0.25, 0.3) is 22.1 Å². The maximum atomic E-state index is 13.1. The molecule has 0 radical (unpaired) electrons. The molecule has 1 saturated heterocycles. The fourth-order valence-electron chi connectivity index (χ4n) is 4.18. The highest BCUT2D eigenvalue weighted by molar-refractivity contribution is 5.85. The largest absolute Gasteiger partial charge is 0.872 e. The van der Waals surface area contributed by atoms with Crippen LogP contribution in [0.4, 0.5) is 0 Å². The summed E-state index contributed by atoms with van der Waals surface area (Å²) in [5.41, 5.74) is 2.17. The van der Waals surface area contributed by atoms with Crippen LogP contribution in [0, 0.1) is 5.92 Å². The van der Waals surface area contributed by atoms with Crippen molar-refractivity contribution in [2.45, 2.75) is 26.3 Å². The van der Waals surface area contributed by atoms with Gasteiger partial charge in [-0.1, -0.05) is 30.9 Å². The van der Waals surface area contributed by atoms with Crippen LogP contribution in [-0.2, 0) is 6.54 Å². The number of hydrogen-bond acceptors (Lipinski definition) is 4. The molecule has 5 nitrogen and oxygen atoms in total. The Morgan fingerprint density at radius 2 is 2.00 bits per heavy atom. The van der Waals surface area contributed by atoms with Gasteiger partial charge in [0.25, 0.3) is 0 Å². The van der Waals surface area contributed by atoms with E-state index >= 15 is 0 Å². The Morgan fingerprint density at radius 3 is 2.71 bits per heavy atom. The van der Waals surface area contributed by atoms with Crippen LogP contribution in [0.1, 0.15) is 25.3 Å². The molecule has 28 heavy (non-hydrogen) atoms. The van der Waals surface area contributed by atoms with Crippen molar-refractivity contribution in [3.8, 4) is 22.6 Å². The summed E-state index contributed by atoms with van der Waals surface area (Å²) in [5.74, 6) is 1.33. The molecule has 0 amide bonds. The highest BCUT2D eigenvalue weighted by Gasteiger charge is 2.22. The summed E-state index contributed by atoms with van der Waals surface area (Å²) in [7, 11) is 1.60. The van der Waals surface area contributed by atoms with E-state index in [9.17, 15) is 9.90 Å². The Kier molecular flexibility index (Phi) is 5.09. The molecule has 1 N–H and O–H groups in total. The summed E-state index contributed by atoms with van der Waals surface area (Å²) in [6.07, 6.45) is 3.88. The van der Waals surface area contributed by atoms with E-state index in [0.717, 1.165) is 24.4 Å². The molecule has 0 spiro atoms. The predicted molar refractivity (Wildman–Crippen MR) is 107 cm³/mol. The second-order valence-electron chi connectivity index (χ2n) is 7.75. The van der Waals surface area contributed by atoms with Crippen LogP contribution in [0.3, 0.4) is 0 Å². The molecule has 0 bridgehead atoms. The van der Waals surface area contributed by atoms with Crippen LogP contribution in [0.2, 0.25) is 0 Å². The molecule has 2 heterocycles. The smallest absolute Gasteiger partial charge is 0.200 e. The van der Waals surface area contributed by atoms with Gasteiger partial charge in [-0.3, -0.25) is 4.79 Å². The first-order valence-corrected chi connectivity index (χ1v) is 9.79. The van der Waals surface area contributed by atoms with Crippen molar-refractivity contribution in [2.24, 2.45) is 5.92 Å². The Labute approximate surface area is 164 Å². The van der Waals surface area contributed by atoms with Crippen LogP contribution < -0.4 is 20.2 Å². The lowest BCUT2D eigenvalue weighted by atomic mass is 9.99. The van der Waals surface area contributed by atoms with Crippen molar-refractivity contribution in [3.05, 3.63) is 58.4 Å². The van der Waals surface area contributed by atoms with Crippen molar-refractivity contribution in [2.75, 3.05) is 20.2 Å². The number of hydrogen-bond donors (Lipinski definition) is 1. The zero-order valence-electron chi connectivity index (χ0n) is 16.3. The normalized spacial score (nSPS) is 19.6. The van der Waals surface area contributed by atoms with Gasteiger partial charge in [-0.25, -0.2) is 0 Å². The first-order valence-electron chi connectivity index (χ1n) is 9.79. The first kappa shape index (κ1) is 18.6. The van der Waals surface area contributed by atoms with Crippen molar-refractivity contribution in [1.29, 1.82) is 0 Å². The van der Waals surface area contributed by atoms with Crippen LogP contribution in [0.5, 0.6) is 11.5 Å². The standard InChI is InChI=1S/C23H25NO4/c1-15-4-3-11-24(12-15)13-19-21(25)10-9-18-22(26)20(14-28-23(18)19)16-5-7-17(27-2)8-6-16/h5-10,14-15,25H,3-4,11-13H2,1-2H3. The number of benzene rings is 2. The summed E-state index contributed by atoms with van der Waals surface area (Å²) in [6, 6.07) is 10.4. The Balaban J connectivity index is 1.75. The molecule has 2 unspecified atom stereocenters. The number of quaternary nitrogens is 1.